The molecule has 3 aromatic carbocycles. The maximum atomic E-state index is 14.2. The summed E-state index contributed by atoms with van der Waals surface area (Å²) in [6, 6.07) is 15.1. The molecule has 1 aromatic heterocycles. The minimum Gasteiger partial charge on any atom is -0.507 e. The molecule has 4 aromatic rings. The number of ketones is 1. The lowest BCUT2D eigenvalue weighted by Gasteiger charge is -2.24. The molecule has 10 nitrogen and oxygen atoms in total. The van der Waals surface area contributed by atoms with Crippen LogP contribution < -0.4 is 23.8 Å². The summed E-state index contributed by atoms with van der Waals surface area (Å²) in [5.74, 6) is -0.741. The molecule has 5 rings (SSSR count). The number of carbonyl (C=O) groups excluding carboxylic acids is 2. The fourth-order valence-corrected chi connectivity index (χ4v) is 6.77. The first kappa shape index (κ1) is 32.8. The first-order valence-corrected chi connectivity index (χ1v) is 16.1. The smallest absolute Gasteiger partial charge is 0.301 e. The topological polar surface area (TPSA) is 120 Å². The van der Waals surface area contributed by atoms with Gasteiger partial charge in [0.2, 0.25) is 10.9 Å². The highest BCUT2D eigenvalue weighted by Gasteiger charge is 2.49. The van der Waals surface area contributed by atoms with E-state index in [1.54, 1.807) is 54.6 Å². The maximum Gasteiger partial charge on any atom is 0.301 e. The summed E-state index contributed by atoms with van der Waals surface area (Å²) < 4.78 is 37.0. The second-order valence-electron chi connectivity index (χ2n) is 10.1. The van der Waals surface area contributed by atoms with Crippen molar-refractivity contribution in [3.05, 3.63) is 88.7 Å². The van der Waals surface area contributed by atoms with Crippen molar-refractivity contribution in [2.45, 2.75) is 35.9 Å². The molecule has 1 atom stereocenters. The average Bonchev–Trinajstić information content (AvgIpc) is 3.65. The van der Waals surface area contributed by atoms with E-state index in [4.69, 9.17) is 18.9 Å². The Morgan fingerprint density at radius 2 is 1.70 bits per heavy atom. The molecule has 1 unspecified atom stereocenters. The monoisotopic (exact) mass is 665 g/mol. The SMILES string of the molecule is CCCCOc1ccc(/C(O)=C2\C(=O)C(=O)N(c3nnc(SCc4ccccc4F)s3)C2c2cc(OC)c(OC)c(OC)c2)cc1. The van der Waals surface area contributed by atoms with Gasteiger partial charge >= 0.3 is 5.91 Å². The normalized spacial score (nSPS) is 15.7. The number of amides is 1. The van der Waals surface area contributed by atoms with E-state index in [2.05, 4.69) is 17.1 Å². The van der Waals surface area contributed by atoms with Crippen LogP contribution in [-0.2, 0) is 15.3 Å². The Bertz CT molecular complexity index is 1740. The summed E-state index contributed by atoms with van der Waals surface area (Å²) in [4.78, 5) is 28.6. The molecular formula is C33H32FN3O7S2. The number of Topliss-reactive ketones (excluding diaryl/α,β-unsaturated/α-hetero) is 1. The lowest BCUT2D eigenvalue weighted by molar-refractivity contribution is -0.132. The highest BCUT2D eigenvalue weighted by atomic mass is 32.2. The number of unbranched alkanes of at least 4 members (excludes halogenated alkanes) is 1. The molecule has 1 N–H and O–H groups in total. The number of carbonyl (C=O) groups is 2. The molecule has 0 spiro atoms. The highest BCUT2D eigenvalue weighted by Crippen LogP contribution is 2.48. The number of hydrogen-bond donors (Lipinski definition) is 1. The maximum absolute atomic E-state index is 14.2. The van der Waals surface area contributed by atoms with Crippen molar-refractivity contribution < 1.29 is 38.0 Å². The van der Waals surface area contributed by atoms with Crippen LogP contribution >= 0.6 is 23.1 Å². The molecule has 1 aliphatic rings. The van der Waals surface area contributed by atoms with Crippen LogP contribution in [0.15, 0.2) is 70.6 Å². The third kappa shape index (κ3) is 6.65. The number of benzene rings is 3. The molecule has 1 saturated heterocycles. The summed E-state index contributed by atoms with van der Waals surface area (Å²) in [7, 11) is 4.36. The van der Waals surface area contributed by atoms with Crippen LogP contribution in [0.1, 0.15) is 42.5 Å². The van der Waals surface area contributed by atoms with E-state index in [9.17, 15) is 19.1 Å². The second kappa shape index (κ2) is 14.6. The Labute approximate surface area is 273 Å². The lowest BCUT2D eigenvalue weighted by atomic mass is 9.94. The Balaban J connectivity index is 1.58. The number of ether oxygens (including phenoxy) is 4. The number of halogens is 1. The molecule has 0 aliphatic carbocycles. The Hall–Kier alpha value is -4.62. The van der Waals surface area contributed by atoms with Crippen LogP contribution in [-0.4, -0.2) is 54.9 Å². The van der Waals surface area contributed by atoms with E-state index in [1.165, 1.54) is 44.1 Å². The summed E-state index contributed by atoms with van der Waals surface area (Å²) >= 11 is 2.32. The molecule has 0 radical (unpaired) electrons. The molecule has 2 heterocycles. The van der Waals surface area contributed by atoms with Crippen LogP contribution in [0, 0.1) is 5.82 Å². The number of hydrogen-bond acceptors (Lipinski definition) is 11. The van der Waals surface area contributed by atoms with E-state index in [0.29, 0.717) is 39.1 Å². The van der Waals surface area contributed by atoms with Crippen LogP contribution in [0.25, 0.3) is 5.76 Å². The van der Waals surface area contributed by atoms with Gasteiger partial charge < -0.3 is 24.1 Å². The number of aliphatic hydroxyl groups excluding tert-OH is 1. The van der Waals surface area contributed by atoms with Gasteiger partial charge in [-0.15, -0.1) is 10.2 Å². The molecule has 240 valence electrons. The van der Waals surface area contributed by atoms with Crippen molar-refractivity contribution in [1.29, 1.82) is 0 Å². The van der Waals surface area contributed by atoms with E-state index in [-0.39, 0.29) is 39.5 Å². The molecule has 13 heteroatoms. The standard InChI is InChI=1S/C33H32FN3O7S2/c1-5-6-15-44-22-13-11-19(12-14-22)28(38)26-27(21-16-24(41-2)30(43-4)25(17-21)42-3)37(31(40)29(26)39)32-35-36-33(46-32)45-18-20-9-7-8-10-23(20)34/h7-14,16-17,27,38H,5-6,15,18H2,1-4H3/b28-26+. The molecule has 1 fully saturated rings. The lowest BCUT2D eigenvalue weighted by Crippen LogP contribution is -2.29. The first-order valence-electron chi connectivity index (χ1n) is 14.3. The van der Waals surface area contributed by atoms with Gasteiger partial charge in [-0.1, -0.05) is 54.6 Å². The zero-order chi connectivity index (χ0) is 32.8. The molecule has 46 heavy (non-hydrogen) atoms. The van der Waals surface area contributed by atoms with Crippen LogP contribution in [0.3, 0.4) is 0 Å². The summed E-state index contributed by atoms with van der Waals surface area (Å²) in [5, 5.41) is 20.1. The summed E-state index contributed by atoms with van der Waals surface area (Å²) in [6.45, 7) is 2.62. The van der Waals surface area contributed by atoms with Gasteiger partial charge in [0, 0.05) is 11.3 Å². The quantitative estimate of drug-likeness (QED) is 0.0408. The highest BCUT2D eigenvalue weighted by molar-refractivity contribution is 8.00. The van der Waals surface area contributed by atoms with Crippen molar-refractivity contribution in [3.8, 4) is 23.0 Å². The van der Waals surface area contributed by atoms with Crippen molar-refractivity contribution >= 4 is 45.7 Å². The van der Waals surface area contributed by atoms with Crippen LogP contribution in [0.5, 0.6) is 23.0 Å². The second-order valence-corrected chi connectivity index (χ2v) is 12.3. The van der Waals surface area contributed by atoms with Crippen LogP contribution in [0.4, 0.5) is 9.52 Å². The molecule has 0 bridgehead atoms. The third-order valence-corrected chi connectivity index (χ3v) is 9.36. The number of nitrogens with zero attached hydrogens (tertiary/aromatic N) is 3. The predicted octanol–water partition coefficient (Wildman–Crippen LogP) is 6.80. The predicted molar refractivity (Wildman–Crippen MR) is 174 cm³/mol. The Morgan fingerprint density at radius 3 is 2.33 bits per heavy atom. The van der Waals surface area contributed by atoms with E-state index < -0.39 is 17.7 Å². The zero-order valence-corrected chi connectivity index (χ0v) is 27.2. The van der Waals surface area contributed by atoms with Gasteiger partial charge in [-0.05, 0) is 60.0 Å². The van der Waals surface area contributed by atoms with E-state index >= 15 is 0 Å². The van der Waals surface area contributed by atoms with E-state index in [0.717, 1.165) is 24.2 Å². The number of aliphatic hydroxyl groups is 1. The fourth-order valence-electron chi connectivity index (χ4n) is 4.92. The molecule has 1 amide bonds. The van der Waals surface area contributed by atoms with Gasteiger partial charge in [0.1, 0.15) is 17.3 Å². The molecule has 1 aliphatic heterocycles. The number of aromatic nitrogens is 2. The number of anilines is 1. The van der Waals surface area contributed by atoms with Crippen LogP contribution in [0.2, 0.25) is 0 Å². The largest absolute Gasteiger partial charge is 0.507 e. The van der Waals surface area contributed by atoms with Gasteiger partial charge in [0.05, 0.1) is 39.6 Å². The average molecular weight is 666 g/mol. The Kier molecular flexibility index (Phi) is 10.4. The summed E-state index contributed by atoms with van der Waals surface area (Å²) in [6.07, 6.45) is 1.88. The number of rotatable bonds is 13. The minimum absolute atomic E-state index is 0.121. The van der Waals surface area contributed by atoms with Crippen molar-refractivity contribution in [2.24, 2.45) is 0 Å². The molecule has 0 saturated carbocycles. The van der Waals surface area contributed by atoms with Crippen molar-refractivity contribution in [2.75, 3.05) is 32.8 Å². The fraction of sp³-hybridized carbons (Fsp3) is 0.273. The van der Waals surface area contributed by atoms with Gasteiger partial charge in [-0.25, -0.2) is 4.39 Å². The summed E-state index contributed by atoms with van der Waals surface area (Å²) in [5.41, 5.74) is 1.04. The van der Waals surface area contributed by atoms with E-state index in [1.807, 2.05) is 0 Å². The minimum atomic E-state index is -1.13. The third-order valence-electron chi connectivity index (χ3n) is 7.25. The molecular weight excluding hydrogens is 634 g/mol. The van der Waals surface area contributed by atoms with Gasteiger partial charge in [0.25, 0.3) is 5.78 Å². The van der Waals surface area contributed by atoms with Crippen molar-refractivity contribution in [1.82, 2.24) is 10.2 Å². The zero-order valence-electron chi connectivity index (χ0n) is 25.6. The van der Waals surface area contributed by atoms with Gasteiger partial charge in [-0.2, -0.15) is 0 Å². The number of methoxy groups -OCH3 is 3. The van der Waals surface area contributed by atoms with Gasteiger partial charge in [0.15, 0.2) is 15.8 Å². The first-order chi connectivity index (χ1) is 22.3. The number of thioether (sulfide) groups is 1. The Morgan fingerprint density at radius 1 is 1.00 bits per heavy atom. The van der Waals surface area contributed by atoms with Gasteiger partial charge in [-0.3, -0.25) is 14.5 Å². The van der Waals surface area contributed by atoms with Crippen molar-refractivity contribution in [3.63, 3.8) is 0 Å².